The maximum atomic E-state index is 12.6. The molecule has 0 bridgehead atoms. The quantitative estimate of drug-likeness (QED) is 0.744. The molecule has 3 rings (SSSR count). The SMILES string of the molecule is C=CS(=O)(=O)N1CC2CN(C(=O)CNc3cc(Cl)c(Cl)cc3OC)CC2C1. The van der Waals surface area contributed by atoms with Gasteiger partial charge in [-0.3, -0.25) is 4.79 Å². The molecule has 2 unspecified atom stereocenters. The van der Waals surface area contributed by atoms with Crippen molar-refractivity contribution in [2.24, 2.45) is 11.8 Å². The fourth-order valence-corrected chi connectivity index (χ4v) is 4.91. The molecule has 148 valence electrons. The predicted molar refractivity (Wildman–Crippen MR) is 106 cm³/mol. The van der Waals surface area contributed by atoms with Crippen LogP contribution in [0.15, 0.2) is 24.1 Å². The Morgan fingerprint density at radius 1 is 1.26 bits per heavy atom. The molecule has 0 aliphatic carbocycles. The fraction of sp³-hybridized carbons (Fsp3) is 0.471. The highest BCUT2D eigenvalue weighted by Gasteiger charge is 2.44. The summed E-state index contributed by atoms with van der Waals surface area (Å²) in [6.07, 6.45) is 0. The van der Waals surface area contributed by atoms with Crippen molar-refractivity contribution in [3.8, 4) is 5.75 Å². The van der Waals surface area contributed by atoms with Gasteiger partial charge in [0.2, 0.25) is 15.9 Å². The lowest BCUT2D eigenvalue weighted by atomic mass is 10.0. The molecule has 0 aromatic heterocycles. The lowest BCUT2D eigenvalue weighted by Gasteiger charge is -2.21. The maximum Gasteiger partial charge on any atom is 0.241 e. The van der Waals surface area contributed by atoms with Crippen molar-refractivity contribution in [2.45, 2.75) is 0 Å². The van der Waals surface area contributed by atoms with Crippen LogP contribution < -0.4 is 10.1 Å². The van der Waals surface area contributed by atoms with Crippen molar-refractivity contribution in [3.05, 3.63) is 34.2 Å². The zero-order chi connectivity index (χ0) is 19.8. The Hall–Kier alpha value is -1.48. The fourth-order valence-electron chi connectivity index (χ4n) is 3.59. The third-order valence-electron chi connectivity index (χ3n) is 5.05. The number of likely N-dealkylation sites (tertiary alicyclic amines) is 1. The van der Waals surface area contributed by atoms with Gasteiger partial charge in [0, 0.05) is 37.7 Å². The van der Waals surface area contributed by atoms with Gasteiger partial charge in [0.1, 0.15) is 5.75 Å². The number of fused-ring (bicyclic) bond motifs is 1. The van der Waals surface area contributed by atoms with Gasteiger partial charge in [0.15, 0.2) is 0 Å². The van der Waals surface area contributed by atoms with E-state index in [-0.39, 0.29) is 24.3 Å². The second-order valence-corrected chi connectivity index (χ2v) is 9.36. The number of methoxy groups -OCH3 is 1. The molecule has 0 radical (unpaired) electrons. The topological polar surface area (TPSA) is 79.0 Å². The molecule has 2 atom stereocenters. The molecule has 7 nitrogen and oxygen atoms in total. The normalized spacial score (nSPS) is 22.6. The summed E-state index contributed by atoms with van der Waals surface area (Å²) in [4.78, 5) is 14.3. The Morgan fingerprint density at radius 2 is 1.85 bits per heavy atom. The van der Waals surface area contributed by atoms with E-state index < -0.39 is 10.0 Å². The van der Waals surface area contributed by atoms with Crippen LogP contribution in [0.3, 0.4) is 0 Å². The van der Waals surface area contributed by atoms with E-state index in [1.54, 1.807) is 17.0 Å². The number of benzene rings is 1. The minimum atomic E-state index is -3.40. The Labute approximate surface area is 168 Å². The highest BCUT2D eigenvalue weighted by Crippen LogP contribution is 2.35. The van der Waals surface area contributed by atoms with Gasteiger partial charge in [0.05, 0.1) is 29.4 Å². The van der Waals surface area contributed by atoms with Crippen LogP contribution in [0.1, 0.15) is 0 Å². The number of hydrogen-bond acceptors (Lipinski definition) is 5. The number of halogens is 2. The van der Waals surface area contributed by atoms with Crippen LogP contribution in [-0.4, -0.2) is 63.4 Å². The smallest absolute Gasteiger partial charge is 0.241 e. The van der Waals surface area contributed by atoms with Crippen molar-refractivity contribution in [1.82, 2.24) is 9.21 Å². The summed E-state index contributed by atoms with van der Waals surface area (Å²) in [5.41, 5.74) is 0.586. The molecule has 0 saturated carbocycles. The number of sulfonamides is 1. The van der Waals surface area contributed by atoms with Crippen molar-refractivity contribution in [3.63, 3.8) is 0 Å². The minimum absolute atomic E-state index is 0.0596. The van der Waals surface area contributed by atoms with Crippen molar-refractivity contribution in [1.29, 1.82) is 0 Å². The molecule has 10 heteroatoms. The van der Waals surface area contributed by atoms with Gasteiger partial charge in [-0.05, 0) is 17.9 Å². The lowest BCUT2D eigenvalue weighted by Crippen LogP contribution is -2.37. The van der Waals surface area contributed by atoms with Crippen molar-refractivity contribution < 1.29 is 17.9 Å². The molecule has 2 aliphatic rings. The molecule has 27 heavy (non-hydrogen) atoms. The summed E-state index contributed by atoms with van der Waals surface area (Å²) in [6.45, 7) is 5.40. The molecule has 1 aromatic carbocycles. The third-order valence-corrected chi connectivity index (χ3v) is 7.21. The highest BCUT2D eigenvalue weighted by molar-refractivity contribution is 7.92. The van der Waals surface area contributed by atoms with Gasteiger partial charge >= 0.3 is 0 Å². The first-order chi connectivity index (χ1) is 12.7. The second-order valence-electron chi connectivity index (χ2n) is 6.67. The van der Waals surface area contributed by atoms with Gasteiger partial charge in [-0.2, -0.15) is 4.31 Å². The standard InChI is InChI=1S/C17H21Cl2N3O4S/c1-3-27(24,25)22-9-11-7-21(8-12(11)10-22)17(23)6-20-15-4-13(18)14(19)5-16(15)26-2/h3-5,11-12,20H,1,6-10H2,2H3. The summed E-state index contributed by atoms with van der Waals surface area (Å²) in [6, 6.07) is 3.21. The zero-order valence-corrected chi connectivity index (χ0v) is 17.1. The van der Waals surface area contributed by atoms with Gasteiger partial charge in [-0.25, -0.2) is 8.42 Å². The van der Waals surface area contributed by atoms with Crippen LogP contribution in [0, 0.1) is 11.8 Å². The van der Waals surface area contributed by atoms with Crippen LogP contribution in [0.4, 0.5) is 5.69 Å². The summed E-state index contributed by atoms with van der Waals surface area (Å²) < 4.78 is 30.5. The number of amides is 1. The first-order valence-electron chi connectivity index (χ1n) is 8.42. The van der Waals surface area contributed by atoms with Gasteiger partial charge < -0.3 is 15.0 Å². The number of ether oxygens (including phenoxy) is 1. The van der Waals surface area contributed by atoms with Crippen LogP contribution in [-0.2, 0) is 14.8 Å². The minimum Gasteiger partial charge on any atom is -0.495 e. The van der Waals surface area contributed by atoms with Crippen LogP contribution in [0.5, 0.6) is 5.75 Å². The summed E-state index contributed by atoms with van der Waals surface area (Å²) in [7, 11) is -1.88. The Kier molecular flexibility index (Phi) is 5.90. The van der Waals surface area contributed by atoms with E-state index in [9.17, 15) is 13.2 Å². The second kappa shape index (κ2) is 7.87. The van der Waals surface area contributed by atoms with Crippen LogP contribution >= 0.6 is 23.2 Å². The van der Waals surface area contributed by atoms with Gasteiger partial charge in [0.25, 0.3) is 0 Å². The largest absolute Gasteiger partial charge is 0.495 e. The molecule has 1 aromatic rings. The average Bonchev–Trinajstić information content (AvgIpc) is 3.21. The molecule has 1 amide bonds. The lowest BCUT2D eigenvalue weighted by molar-refractivity contribution is -0.128. The van der Waals surface area contributed by atoms with Crippen molar-refractivity contribution in [2.75, 3.05) is 45.2 Å². The number of anilines is 1. The summed E-state index contributed by atoms with van der Waals surface area (Å²) in [5.74, 6) is 0.753. The molecular formula is C17H21Cl2N3O4S. The number of hydrogen-bond donors (Lipinski definition) is 1. The Balaban J connectivity index is 1.57. The van der Waals surface area contributed by atoms with E-state index in [0.717, 1.165) is 5.41 Å². The maximum absolute atomic E-state index is 12.6. The third kappa shape index (κ3) is 4.18. The van der Waals surface area contributed by atoms with E-state index in [4.69, 9.17) is 27.9 Å². The van der Waals surface area contributed by atoms with Gasteiger partial charge in [-0.1, -0.05) is 29.8 Å². The molecule has 2 fully saturated rings. The number of carbonyl (C=O) groups excluding carboxylic acids is 1. The Bertz CT molecular complexity index is 848. The van der Waals surface area contributed by atoms with E-state index in [1.807, 2.05) is 0 Å². The van der Waals surface area contributed by atoms with E-state index in [2.05, 4.69) is 11.9 Å². The molecule has 2 aliphatic heterocycles. The number of carbonyl (C=O) groups is 1. The summed E-state index contributed by atoms with van der Waals surface area (Å²) >= 11 is 12.0. The Morgan fingerprint density at radius 3 is 2.41 bits per heavy atom. The van der Waals surface area contributed by atoms with Crippen LogP contribution in [0.2, 0.25) is 10.0 Å². The highest BCUT2D eigenvalue weighted by atomic mass is 35.5. The van der Waals surface area contributed by atoms with E-state index >= 15 is 0 Å². The van der Waals surface area contributed by atoms with E-state index in [1.165, 1.54) is 11.4 Å². The van der Waals surface area contributed by atoms with Crippen molar-refractivity contribution >= 4 is 44.8 Å². The van der Waals surface area contributed by atoms with Crippen LogP contribution in [0.25, 0.3) is 0 Å². The number of nitrogens with one attached hydrogen (secondary N) is 1. The molecule has 1 N–H and O–H groups in total. The molecule has 2 heterocycles. The molecule has 0 spiro atoms. The number of rotatable bonds is 6. The molecule has 2 saturated heterocycles. The molecular weight excluding hydrogens is 413 g/mol. The number of nitrogens with zero attached hydrogens (tertiary/aromatic N) is 2. The predicted octanol–water partition coefficient (Wildman–Crippen LogP) is 2.28. The first kappa shape index (κ1) is 20.3. The van der Waals surface area contributed by atoms with E-state index in [0.29, 0.717) is 47.7 Å². The summed E-state index contributed by atoms with van der Waals surface area (Å²) in [5, 5.41) is 4.75. The van der Waals surface area contributed by atoms with Gasteiger partial charge in [-0.15, -0.1) is 0 Å². The zero-order valence-electron chi connectivity index (χ0n) is 14.8. The monoisotopic (exact) mass is 433 g/mol. The average molecular weight is 434 g/mol. The first-order valence-corrected chi connectivity index (χ1v) is 10.7.